The molecule has 1 aliphatic carbocycles. The van der Waals surface area contributed by atoms with Gasteiger partial charge in [-0.2, -0.15) is 0 Å². The van der Waals surface area contributed by atoms with Crippen molar-refractivity contribution in [3.8, 4) is 5.88 Å². The third-order valence-corrected chi connectivity index (χ3v) is 6.46. The van der Waals surface area contributed by atoms with E-state index in [4.69, 9.17) is 9.15 Å². The molecule has 1 N–H and O–H groups in total. The highest BCUT2D eigenvalue weighted by Crippen LogP contribution is 2.33. The minimum absolute atomic E-state index is 0.0288. The van der Waals surface area contributed by atoms with Crippen LogP contribution in [0.1, 0.15) is 75.8 Å². The van der Waals surface area contributed by atoms with E-state index in [1.54, 1.807) is 12.1 Å². The zero-order valence-corrected chi connectivity index (χ0v) is 18.6. The highest BCUT2D eigenvalue weighted by atomic mass is 16.5. The fraction of sp³-hybridized carbons (Fsp3) is 0.625. The van der Waals surface area contributed by atoms with Crippen molar-refractivity contribution >= 4 is 29.0 Å². The van der Waals surface area contributed by atoms with Crippen molar-refractivity contribution in [1.29, 1.82) is 0 Å². The monoisotopic (exact) mass is 427 g/mol. The molecule has 1 amide bonds. The Morgan fingerprint density at radius 2 is 1.94 bits per heavy atom. The maximum absolute atomic E-state index is 13.2. The Hall–Kier alpha value is -2.41. The lowest BCUT2D eigenvalue weighted by molar-refractivity contribution is -0.120. The minimum atomic E-state index is -0.0649. The zero-order chi connectivity index (χ0) is 21.8. The van der Waals surface area contributed by atoms with Gasteiger partial charge in [0.25, 0.3) is 0 Å². The number of hydrogen-bond acceptors (Lipinski definition) is 6. The zero-order valence-electron chi connectivity index (χ0n) is 18.6. The Balaban J connectivity index is 1.50. The predicted molar refractivity (Wildman–Crippen MR) is 120 cm³/mol. The first-order valence-corrected chi connectivity index (χ1v) is 11.7. The second kappa shape index (κ2) is 9.81. The fourth-order valence-corrected chi connectivity index (χ4v) is 4.90. The number of nitrogens with one attached hydrogen (secondary N) is 1. The summed E-state index contributed by atoms with van der Waals surface area (Å²) in [5.74, 6) is 0.420. The number of carbonyl (C=O) groups excluding carboxylic acids is 2. The summed E-state index contributed by atoms with van der Waals surface area (Å²) < 4.78 is 11.3. The number of amides is 1. The lowest BCUT2D eigenvalue weighted by Crippen LogP contribution is -2.35. The number of fused-ring (bicyclic) bond motifs is 1. The van der Waals surface area contributed by atoms with Crippen molar-refractivity contribution in [3.63, 3.8) is 0 Å². The summed E-state index contributed by atoms with van der Waals surface area (Å²) in [5.41, 5.74) is 1.26. The molecule has 0 spiro atoms. The number of pyridine rings is 1. The van der Waals surface area contributed by atoms with Gasteiger partial charge in [-0.3, -0.25) is 9.59 Å². The van der Waals surface area contributed by atoms with E-state index in [0.717, 1.165) is 32.1 Å². The quantitative estimate of drug-likeness (QED) is 0.667. The average molecular weight is 428 g/mol. The van der Waals surface area contributed by atoms with E-state index in [9.17, 15) is 9.59 Å². The Morgan fingerprint density at radius 3 is 2.68 bits per heavy atom. The molecule has 0 bridgehead atoms. The van der Waals surface area contributed by atoms with Gasteiger partial charge in [-0.1, -0.05) is 12.8 Å². The van der Waals surface area contributed by atoms with Crippen LogP contribution in [0.3, 0.4) is 0 Å². The minimum Gasteiger partial charge on any atom is -0.475 e. The van der Waals surface area contributed by atoms with Crippen molar-refractivity contribution < 1.29 is 18.7 Å². The van der Waals surface area contributed by atoms with E-state index >= 15 is 0 Å². The molecule has 7 nitrogen and oxygen atoms in total. The topological polar surface area (TPSA) is 84.7 Å². The molecule has 31 heavy (non-hydrogen) atoms. The van der Waals surface area contributed by atoms with E-state index in [1.807, 2.05) is 13.8 Å². The van der Waals surface area contributed by atoms with E-state index < -0.39 is 0 Å². The molecule has 7 heteroatoms. The van der Waals surface area contributed by atoms with Gasteiger partial charge in [0.2, 0.25) is 11.8 Å². The summed E-state index contributed by atoms with van der Waals surface area (Å²) in [4.78, 5) is 31.9. The third kappa shape index (κ3) is 5.09. The van der Waals surface area contributed by atoms with Crippen LogP contribution in [0.25, 0.3) is 11.1 Å². The number of carbonyl (C=O) groups is 2. The molecule has 2 aliphatic rings. The van der Waals surface area contributed by atoms with Crippen molar-refractivity contribution in [2.45, 2.75) is 77.4 Å². The molecule has 2 aromatic rings. The summed E-state index contributed by atoms with van der Waals surface area (Å²) in [6.45, 7) is 6.23. The van der Waals surface area contributed by atoms with Gasteiger partial charge in [0, 0.05) is 18.0 Å². The molecule has 4 rings (SSSR count). The molecule has 2 atom stereocenters. The Bertz CT molecular complexity index is 917. The number of furan rings is 1. The molecule has 1 unspecified atom stereocenters. The van der Waals surface area contributed by atoms with Crippen molar-refractivity contribution in [2.24, 2.45) is 5.92 Å². The Kier molecular flexibility index (Phi) is 6.90. The molecule has 2 aromatic heterocycles. The number of aromatic nitrogens is 1. The number of aldehydes is 1. The van der Waals surface area contributed by atoms with Crippen LogP contribution in [0.15, 0.2) is 16.5 Å². The summed E-state index contributed by atoms with van der Waals surface area (Å²) in [6.07, 6.45) is 9.43. The second-order valence-corrected chi connectivity index (χ2v) is 9.07. The lowest BCUT2D eigenvalue weighted by Gasteiger charge is -2.31. The summed E-state index contributed by atoms with van der Waals surface area (Å²) in [6, 6.07) is 4.02. The molecule has 168 valence electrons. The van der Waals surface area contributed by atoms with E-state index in [0.29, 0.717) is 35.0 Å². The summed E-state index contributed by atoms with van der Waals surface area (Å²) in [5, 5.41) is 2.97. The number of ether oxygens (including phenoxy) is 1. The summed E-state index contributed by atoms with van der Waals surface area (Å²) >= 11 is 0. The first kappa shape index (κ1) is 21.8. The molecule has 3 heterocycles. The molecular formula is C24H33N3O4. The van der Waals surface area contributed by atoms with E-state index in [1.165, 1.54) is 32.4 Å². The lowest BCUT2D eigenvalue weighted by atomic mass is 9.87. The fourth-order valence-electron chi connectivity index (χ4n) is 4.90. The molecule has 1 aliphatic heterocycles. The van der Waals surface area contributed by atoms with E-state index in [-0.39, 0.29) is 23.7 Å². The van der Waals surface area contributed by atoms with Crippen molar-refractivity contribution in [2.75, 3.05) is 18.4 Å². The summed E-state index contributed by atoms with van der Waals surface area (Å²) in [7, 11) is 0. The number of rotatable bonds is 6. The van der Waals surface area contributed by atoms with Crippen LogP contribution in [-0.4, -0.2) is 47.3 Å². The van der Waals surface area contributed by atoms with Crippen LogP contribution in [0.5, 0.6) is 5.88 Å². The van der Waals surface area contributed by atoms with Crippen LogP contribution in [0.2, 0.25) is 0 Å². The van der Waals surface area contributed by atoms with E-state index in [2.05, 4.69) is 15.2 Å². The number of likely N-dealkylation sites (tertiary alicyclic amines) is 1. The first-order valence-electron chi connectivity index (χ1n) is 11.7. The molecule has 2 fully saturated rings. The Morgan fingerprint density at radius 1 is 1.16 bits per heavy atom. The highest BCUT2D eigenvalue weighted by Gasteiger charge is 2.28. The van der Waals surface area contributed by atoms with Gasteiger partial charge in [0.15, 0.2) is 17.6 Å². The van der Waals surface area contributed by atoms with Crippen molar-refractivity contribution in [1.82, 2.24) is 9.88 Å². The largest absolute Gasteiger partial charge is 0.475 e. The Labute approximate surface area is 183 Å². The van der Waals surface area contributed by atoms with Gasteiger partial charge in [-0.05, 0) is 71.5 Å². The van der Waals surface area contributed by atoms with Gasteiger partial charge < -0.3 is 19.4 Å². The smallest absolute Gasteiger partial charge is 0.227 e. The van der Waals surface area contributed by atoms with Gasteiger partial charge >= 0.3 is 0 Å². The van der Waals surface area contributed by atoms with Crippen LogP contribution in [0, 0.1) is 5.92 Å². The standard InChI is InChI=1S/C24H33N3O4/c1-16(2)30-21-12-11-19-22(25-21)23(20(15-28)31-19)26-24(29)17-7-3-4-8-18(10-9-17)27-13-5-6-14-27/h11-12,15-18H,3-10,13-14H2,1-2H3,(H,26,29)/t17-,18?/m0/s1. The highest BCUT2D eigenvalue weighted by molar-refractivity contribution is 6.05. The second-order valence-electron chi connectivity index (χ2n) is 9.07. The van der Waals surface area contributed by atoms with Gasteiger partial charge in [0.05, 0.1) is 6.10 Å². The first-order chi connectivity index (χ1) is 15.0. The number of hydrogen-bond donors (Lipinski definition) is 1. The third-order valence-electron chi connectivity index (χ3n) is 6.46. The molecule has 0 radical (unpaired) electrons. The normalized spacial score (nSPS) is 22.9. The molecule has 1 saturated heterocycles. The maximum atomic E-state index is 13.2. The maximum Gasteiger partial charge on any atom is 0.227 e. The van der Waals surface area contributed by atoms with Crippen LogP contribution < -0.4 is 10.1 Å². The number of anilines is 1. The van der Waals surface area contributed by atoms with Crippen molar-refractivity contribution in [3.05, 3.63) is 17.9 Å². The van der Waals surface area contributed by atoms with Crippen LogP contribution in [0.4, 0.5) is 5.69 Å². The number of nitrogens with zero attached hydrogens (tertiary/aromatic N) is 2. The van der Waals surface area contributed by atoms with Crippen LogP contribution in [-0.2, 0) is 4.79 Å². The van der Waals surface area contributed by atoms with Gasteiger partial charge in [0.1, 0.15) is 11.2 Å². The van der Waals surface area contributed by atoms with Gasteiger partial charge in [-0.15, -0.1) is 0 Å². The molecule has 1 saturated carbocycles. The predicted octanol–water partition coefficient (Wildman–Crippen LogP) is 4.80. The molecule has 0 aromatic carbocycles. The average Bonchev–Trinajstić information content (AvgIpc) is 3.36. The SMILES string of the molecule is CC(C)Oc1ccc2oc(C=O)c(NC(=O)[C@H]3CCCCC(N4CCCC4)CC3)c2n1. The van der Waals surface area contributed by atoms with Crippen LogP contribution >= 0.6 is 0 Å². The molecular weight excluding hydrogens is 394 g/mol. The van der Waals surface area contributed by atoms with Gasteiger partial charge in [-0.25, -0.2) is 4.98 Å².